The SMILES string of the molecule is C=CC[C@H](N=[N+]=[N-])[C@@H](NC(C)=O)[C@H]1OC(C)(C)O[C@@H]1[C@H]1COC(C)(C)O1. The minimum absolute atomic E-state index is 0.256. The van der Waals surface area contributed by atoms with Gasteiger partial charge in [0.25, 0.3) is 0 Å². The second-order valence-electron chi connectivity index (χ2n) is 7.45. The maximum absolute atomic E-state index is 11.8. The molecule has 2 fully saturated rings. The molecular weight excluding hydrogens is 340 g/mol. The highest BCUT2D eigenvalue weighted by atomic mass is 16.8. The smallest absolute Gasteiger partial charge is 0.217 e. The number of ether oxygens (including phenoxy) is 4. The molecule has 0 aromatic carbocycles. The Morgan fingerprint density at radius 1 is 1.35 bits per heavy atom. The van der Waals surface area contributed by atoms with Crippen LogP contribution in [0.15, 0.2) is 17.8 Å². The van der Waals surface area contributed by atoms with Crippen LogP contribution in [0.4, 0.5) is 0 Å². The molecule has 26 heavy (non-hydrogen) atoms. The van der Waals surface area contributed by atoms with Gasteiger partial charge in [-0.25, -0.2) is 0 Å². The number of amides is 1. The number of azide groups is 1. The first-order valence-corrected chi connectivity index (χ1v) is 8.68. The Balaban J connectivity index is 2.33. The number of nitrogens with one attached hydrogen (secondary N) is 1. The van der Waals surface area contributed by atoms with Crippen molar-refractivity contribution in [1.82, 2.24) is 5.32 Å². The van der Waals surface area contributed by atoms with Crippen molar-refractivity contribution in [3.8, 4) is 0 Å². The van der Waals surface area contributed by atoms with Crippen LogP contribution in [0.25, 0.3) is 10.4 Å². The molecule has 0 aromatic heterocycles. The zero-order chi connectivity index (χ0) is 19.5. The standard InChI is InChI=1S/C17H28N4O5/c1-7-8-11(20-21-18)13(19-10(2)22)15-14(25-17(5,6)26-15)12-9-23-16(3,4)24-12/h7,11-15H,1,8-9H2,2-6H3,(H,19,22)/t11-,12+,13+,14+,15+/m0/s1. The van der Waals surface area contributed by atoms with Crippen molar-refractivity contribution in [3.05, 3.63) is 23.1 Å². The third-order valence-corrected chi connectivity index (χ3v) is 4.31. The molecule has 1 N–H and O–H groups in total. The first-order chi connectivity index (χ1) is 12.1. The molecule has 9 heteroatoms. The lowest BCUT2D eigenvalue weighted by molar-refractivity contribution is -0.175. The normalized spacial score (nSPS) is 31.7. The van der Waals surface area contributed by atoms with Gasteiger partial charge in [-0.3, -0.25) is 4.79 Å². The van der Waals surface area contributed by atoms with Gasteiger partial charge in [0.15, 0.2) is 11.6 Å². The summed E-state index contributed by atoms with van der Waals surface area (Å²) >= 11 is 0. The topological polar surface area (TPSA) is 115 Å². The van der Waals surface area contributed by atoms with Crippen molar-refractivity contribution < 1.29 is 23.7 Å². The molecule has 146 valence electrons. The molecule has 0 aliphatic carbocycles. The van der Waals surface area contributed by atoms with Crippen LogP contribution in [0.2, 0.25) is 0 Å². The zero-order valence-electron chi connectivity index (χ0n) is 16.0. The van der Waals surface area contributed by atoms with Gasteiger partial charge in [-0.15, -0.1) is 6.58 Å². The van der Waals surface area contributed by atoms with Gasteiger partial charge in [-0.1, -0.05) is 11.2 Å². The molecule has 0 saturated carbocycles. The van der Waals surface area contributed by atoms with Crippen molar-refractivity contribution >= 4 is 5.91 Å². The molecule has 0 bridgehead atoms. The van der Waals surface area contributed by atoms with E-state index < -0.39 is 35.9 Å². The minimum Gasteiger partial charge on any atom is -0.350 e. The number of hydrogen-bond acceptors (Lipinski definition) is 6. The molecule has 0 aromatic rings. The summed E-state index contributed by atoms with van der Waals surface area (Å²) in [6.45, 7) is 12.7. The quantitative estimate of drug-likeness (QED) is 0.321. The Morgan fingerprint density at radius 2 is 2.04 bits per heavy atom. The number of nitrogens with zero attached hydrogens (tertiary/aromatic N) is 3. The average molecular weight is 368 g/mol. The van der Waals surface area contributed by atoms with Crippen LogP contribution in [0.5, 0.6) is 0 Å². The second-order valence-corrected chi connectivity index (χ2v) is 7.45. The molecule has 2 saturated heterocycles. The van der Waals surface area contributed by atoms with Crippen LogP contribution < -0.4 is 5.32 Å². The van der Waals surface area contributed by atoms with Gasteiger partial charge in [-0.05, 0) is 39.6 Å². The summed E-state index contributed by atoms with van der Waals surface area (Å²) in [4.78, 5) is 14.7. The highest BCUT2D eigenvalue weighted by Gasteiger charge is 2.53. The molecule has 0 radical (unpaired) electrons. The summed E-state index contributed by atoms with van der Waals surface area (Å²) in [5, 5.41) is 6.69. The van der Waals surface area contributed by atoms with Gasteiger partial charge in [0, 0.05) is 11.8 Å². The fourth-order valence-electron chi connectivity index (χ4n) is 3.39. The lowest BCUT2D eigenvalue weighted by Crippen LogP contribution is -2.55. The summed E-state index contributed by atoms with van der Waals surface area (Å²) in [7, 11) is 0. The lowest BCUT2D eigenvalue weighted by Gasteiger charge is -2.32. The summed E-state index contributed by atoms with van der Waals surface area (Å²) in [6.07, 6.45) is 0.581. The Morgan fingerprint density at radius 3 is 2.54 bits per heavy atom. The van der Waals surface area contributed by atoms with E-state index in [9.17, 15) is 4.79 Å². The van der Waals surface area contributed by atoms with Crippen LogP contribution in [0.3, 0.4) is 0 Å². The third-order valence-electron chi connectivity index (χ3n) is 4.31. The highest BCUT2D eigenvalue weighted by Crippen LogP contribution is 2.37. The van der Waals surface area contributed by atoms with Gasteiger partial charge < -0.3 is 24.3 Å². The Bertz CT molecular complexity index is 588. The van der Waals surface area contributed by atoms with E-state index in [-0.39, 0.29) is 12.0 Å². The number of rotatable bonds is 7. The fraction of sp³-hybridized carbons (Fsp3) is 0.824. The Labute approximate surface area is 153 Å². The summed E-state index contributed by atoms with van der Waals surface area (Å²) in [5.41, 5.74) is 8.93. The maximum Gasteiger partial charge on any atom is 0.217 e. The Hall–Kier alpha value is -1.64. The summed E-state index contributed by atoms with van der Waals surface area (Å²) < 4.78 is 23.8. The van der Waals surface area contributed by atoms with Crippen LogP contribution in [0, 0.1) is 0 Å². The van der Waals surface area contributed by atoms with Gasteiger partial charge in [0.05, 0.1) is 18.7 Å². The van der Waals surface area contributed by atoms with Crippen molar-refractivity contribution in [2.45, 2.75) is 83.0 Å². The van der Waals surface area contributed by atoms with Gasteiger partial charge in [0.2, 0.25) is 5.91 Å². The van der Waals surface area contributed by atoms with Crippen LogP contribution in [-0.4, -0.2) is 54.5 Å². The Kier molecular flexibility index (Phi) is 6.31. The molecule has 2 aliphatic heterocycles. The van der Waals surface area contributed by atoms with Crippen molar-refractivity contribution in [2.75, 3.05) is 6.61 Å². The number of hydrogen-bond donors (Lipinski definition) is 1. The predicted molar refractivity (Wildman–Crippen MR) is 94.1 cm³/mol. The zero-order valence-corrected chi connectivity index (χ0v) is 16.0. The first kappa shape index (κ1) is 20.7. The molecule has 2 rings (SSSR count). The summed E-state index contributed by atoms with van der Waals surface area (Å²) in [6, 6.07) is -1.16. The number of carbonyl (C=O) groups excluding carboxylic acids is 1. The van der Waals surface area contributed by atoms with E-state index in [0.717, 1.165) is 0 Å². The van der Waals surface area contributed by atoms with Gasteiger partial charge >= 0.3 is 0 Å². The van der Waals surface area contributed by atoms with E-state index in [0.29, 0.717) is 13.0 Å². The first-order valence-electron chi connectivity index (χ1n) is 8.68. The van der Waals surface area contributed by atoms with E-state index in [1.807, 2.05) is 13.8 Å². The molecular formula is C17H28N4O5. The number of carbonyl (C=O) groups is 1. The van der Waals surface area contributed by atoms with Gasteiger partial charge in [-0.2, -0.15) is 0 Å². The molecule has 9 nitrogen and oxygen atoms in total. The maximum atomic E-state index is 11.8. The second kappa shape index (κ2) is 7.94. The van der Waals surface area contributed by atoms with Crippen LogP contribution >= 0.6 is 0 Å². The molecule has 0 spiro atoms. The van der Waals surface area contributed by atoms with E-state index in [1.165, 1.54) is 6.92 Å². The van der Waals surface area contributed by atoms with Crippen molar-refractivity contribution in [1.29, 1.82) is 0 Å². The van der Waals surface area contributed by atoms with E-state index in [1.54, 1.807) is 19.9 Å². The van der Waals surface area contributed by atoms with Crippen LogP contribution in [0.1, 0.15) is 41.0 Å². The third kappa shape index (κ3) is 4.96. The molecule has 1 amide bonds. The van der Waals surface area contributed by atoms with Crippen LogP contribution in [-0.2, 0) is 23.7 Å². The van der Waals surface area contributed by atoms with E-state index in [2.05, 4.69) is 21.9 Å². The fourth-order valence-corrected chi connectivity index (χ4v) is 3.39. The molecule has 2 heterocycles. The van der Waals surface area contributed by atoms with E-state index >= 15 is 0 Å². The minimum atomic E-state index is -0.878. The van der Waals surface area contributed by atoms with Crippen molar-refractivity contribution in [3.63, 3.8) is 0 Å². The van der Waals surface area contributed by atoms with Crippen molar-refractivity contribution in [2.24, 2.45) is 5.11 Å². The molecule has 5 atom stereocenters. The average Bonchev–Trinajstić information content (AvgIpc) is 3.03. The van der Waals surface area contributed by atoms with Gasteiger partial charge in [0.1, 0.15) is 18.3 Å². The summed E-state index contributed by atoms with van der Waals surface area (Å²) in [5.74, 6) is -1.86. The van der Waals surface area contributed by atoms with E-state index in [4.69, 9.17) is 24.5 Å². The largest absolute Gasteiger partial charge is 0.350 e. The monoisotopic (exact) mass is 368 g/mol. The molecule has 2 aliphatic rings. The lowest BCUT2D eigenvalue weighted by atomic mass is 9.93. The highest BCUT2D eigenvalue weighted by molar-refractivity contribution is 5.73. The molecule has 0 unspecified atom stereocenters. The predicted octanol–water partition coefficient (Wildman–Crippen LogP) is 2.42.